The minimum absolute atomic E-state index is 0.0538. The molecule has 0 aromatic carbocycles. The fraction of sp³-hybridized carbons (Fsp3) is 0.857. The number of ether oxygens (including phenoxy) is 1. The first-order chi connectivity index (χ1) is 8.29. The van der Waals surface area contributed by atoms with E-state index in [2.05, 4.69) is 19.2 Å². The smallest absolute Gasteiger partial charge is 0.328 e. The molecular weight excluding hydrogens is 230 g/mol. The molecular formula is C14H27NO3. The molecule has 1 unspecified atom stereocenters. The summed E-state index contributed by atoms with van der Waals surface area (Å²) in [4.78, 5) is 23.6. The fourth-order valence-electron chi connectivity index (χ4n) is 1.84. The van der Waals surface area contributed by atoms with Crippen LogP contribution < -0.4 is 5.32 Å². The molecule has 1 N–H and O–H groups in total. The van der Waals surface area contributed by atoms with Crippen LogP contribution in [0.4, 0.5) is 0 Å². The standard InChI is InChI=1S/C14H27NO3/c1-7-18-14(17)11(6)15-13(16)12(10(4)5)8-9(2)3/h9-12H,7-8H2,1-6H3,(H,15,16)/t11-,12?/m0/s1. The van der Waals surface area contributed by atoms with Crippen LogP contribution in [0.25, 0.3) is 0 Å². The normalized spacial score (nSPS) is 14.4. The summed E-state index contributed by atoms with van der Waals surface area (Å²) in [5.41, 5.74) is 0. The third kappa shape index (κ3) is 6.03. The zero-order valence-corrected chi connectivity index (χ0v) is 12.4. The van der Waals surface area contributed by atoms with Gasteiger partial charge in [-0.1, -0.05) is 27.7 Å². The predicted octanol–water partition coefficient (Wildman–Crippen LogP) is 2.37. The second-order valence-corrected chi connectivity index (χ2v) is 5.46. The molecule has 1 amide bonds. The first-order valence-electron chi connectivity index (χ1n) is 6.76. The maximum atomic E-state index is 12.1. The minimum Gasteiger partial charge on any atom is -0.464 e. The van der Waals surface area contributed by atoms with Crippen LogP contribution in [0.1, 0.15) is 48.0 Å². The van der Waals surface area contributed by atoms with Gasteiger partial charge in [-0.15, -0.1) is 0 Å². The van der Waals surface area contributed by atoms with Crippen LogP contribution in [0.3, 0.4) is 0 Å². The monoisotopic (exact) mass is 257 g/mol. The number of rotatable bonds is 7. The Morgan fingerprint density at radius 3 is 2.06 bits per heavy atom. The van der Waals surface area contributed by atoms with Gasteiger partial charge in [-0.2, -0.15) is 0 Å². The first-order valence-corrected chi connectivity index (χ1v) is 6.76. The lowest BCUT2D eigenvalue weighted by molar-refractivity contribution is -0.147. The molecule has 0 rings (SSSR count). The van der Waals surface area contributed by atoms with Crippen molar-refractivity contribution in [3.05, 3.63) is 0 Å². The molecule has 0 bridgehead atoms. The number of nitrogens with one attached hydrogen (secondary N) is 1. The van der Waals surface area contributed by atoms with Gasteiger partial charge in [-0.3, -0.25) is 4.79 Å². The first kappa shape index (κ1) is 16.9. The highest BCUT2D eigenvalue weighted by Gasteiger charge is 2.26. The van der Waals surface area contributed by atoms with Crippen LogP contribution >= 0.6 is 0 Å². The van der Waals surface area contributed by atoms with Gasteiger partial charge in [0.15, 0.2) is 0 Å². The number of hydrogen-bond donors (Lipinski definition) is 1. The highest BCUT2D eigenvalue weighted by Crippen LogP contribution is 2.20. The summed E-state index contributed by atoms with van der Waals surface area (Å²) < 4.78 is 4.87. The number of carbonyl (C=O) groups is 2. The zero-order chi connectivity index (χ0) is 14.3. The molecule has 0 heterocycles. The molecule has 2 atom stereocenters. The van der Waals surface area contributed by atoms with Crippen molar-refractivity contribution in [2.75, 3.05) is 6.61 Å². The van der Waals surface area contributed by atoms with E-state index in [1.807, 2.05) is 13.8 Å². The van der Waals surface area contributed by atoms with Gasteiger partial charge >= 0.3 is 5.97 Å². The van der Waals surface area contributed by atoms with E-state index in [-0.39, 0.29) is 23.7 Å². The predicted molar refractivity (Wildman–Crippen MR) is 72.0 cm³/mol. The molecule has 0 radical (unpaired) electrons. The highest BCUT2D eigenvalue weighted by molar-refractivity contribution is 5.85. The Kier molecular flexibility index (Phi) is 7.64. The van der Waals surface area contributed by atoms with Crippen molar-refractivity contribution in [3.63, 3.8) is 0 Å². The van der Waals surface area contributed by atoms with Gasteiger partial charge in [0.25, 0.3) is 0 Å². The lowest BCUT2D eigenvalue weighted by atomic mass is 9.87. The maximum Gasteiger partial charge on any atom is 0.328 e. The average molecular weight is 257 g/mol. The molecule has 0 saturated carbocycles. The van der Waals surface area contributed by atoms with E-state index in [1.54, 1.807) is 13.8 Å². The van der Waals surface area contributed by atoms with Crippen LogP contribution in [0, 0.1) is 17.8 Å². The SMILES string of the molecule is CCOC(=O)[C@H](C)NC(=O)C(CC(C)C)C(C)C. The van der Waals surface area contributed by atoms with Crippen LogP contribution in [-0.4, -0.2) is 24.5 Å². The van der Waals surface area contributed by atoms with Gasteiger partial charge in [0.2, 0.25) is 5.91 Å². The van der Waals surface area contributed by atoms with E-state index in [0.29, 0.717) is 12.5 Å². The van der Waals surface area contributed by atoms with Crippen LogP contribution in [0.15, 0.2) is 0 Å². The maximum absolute atomic E-state index is 12.1. The molecule has 0 spiro atoms. The van der Waals surface area contributed by atoms with Crippen molar-refractivity contribution in [2.24, 2.45) is 17.8 Å². The van der Waals surface area contributed by atoms with Crippen LogP contribution in [0.5, 0.6) is 0 Å². The van der Waals surface area contributed by atoms with E-state index < -0.39 is 6.04 Å². The number of hydrogen-bond acceptors (Lipinski definition) is 3. The van der Waals surface area contributed by atoms with Gasteiger partial charge in [0, 0.05) is 5.92 Å². The minimum atomic E-state index is -0.578. The Bertz CT molecular complexity index is 274. The Balaban J connectivity index is 4.46. The van der Waals surface area contributed by atoms with E-state index in [9.17, 15) is 9.59 Å². The molecule has 18 heavy (non-hydrogen) atoms. The van der Waals surface area contributed by atoms with Crippen molar-refractivity contribution < 1.29 is 14.3 Å². The lowest BCUT2D eigenvalue weighted by Gasteiger charge is -2.23. The van der Waals surface area contributed by atoms with Crippen molar-refractivity contribution in [1.29, 1.82) is 0 Å². The third-order valence-corrected chi connectivity index (χ3v) is 2.87. The van der Waals surface area contributed by atoms with Gasteiger partial charge in [-0.05, 0) is 32.1 Å². The summed E-state index contributed by atoms with van der Waals surface area (Å²) in [6.45, 7) is 12.0. The number of carbonyl (C=O) groups excluding carboxylic acids is 2. The van der Waals surface area contributed by atoms with Crippen molar-refractivity contribution in [2.45, 2.75) is 54.0 Å². The third-order valence-electron chi connectivity index (χ3n) is 2.87. The molecule has 0 aliphatic heterocycles. The molecule has 0 saturated heterocycles. The Morgan fingerprint density at radius 2 is 1.67 bits per heavy atom. The quantitative estimate of drug-likeness (QED) is 0.712. The Labute approximate surface area is 110 Å². The zero-order valence-electron chi connectivity index (χ0n) is 12.4. The van der Waals surface area contributed by atoms with Gasteiger partial charge in [0.1, 0.15) is 6.04 Å². The van der Waals surface area contributed by atoms with Crippen molar-refractivity contribution >= 4 is 11.9 Å². The summed E-state index contributed by atoms with van der Waals surface area (Å²) in [7, 11) is 0. The van der Waals surface area contributed by atoms with Gasteiger partial charge in [0.05, 0.1) is 6.61 Å². The molecule has 0 aliphatic rings. The molecule has 0 aromatic rings. The van der Waals surface area contributed by atoms with Crippen LogP contribution in [0.2, 0.25) is 0 Å². The molecule has 0 aliphatic carbocycles. The van der Waals surface area contributed by atoms with Crippen LogP contribution in [-0.2, 0) is 14.3 Å². The largest absolute Gasteiger partial charge is 0.464 e. The van der Waals surface area contributed by atoms with E-state index in [1.165, 1.54) is 0 Å². The number of esters is 1. The molecule has 106 valence electrons. The summed E-state index contributed by atoms with van der Waals surface area (Å²) in [5.74, 6) is 0.238. The second kappa shape index (κ2) is 8.11. The van der Waals surface area contributed by atoms with E-state index in [0.717, 1.165) is 6.42 Å². The van der Waals surface area contributed by atoms with E-state index in [4.69, 9.17) is 4.74 Å². The number of amides is 1. The summed E-state index contributed by atoms with van der Waals surface area (Å²) in [6, 6.07) is -0.578. The molecule has 0 aromatic heterocycles. The fourth-order valence-corrected chi connectivity index (χ4v) is 1.84. The lowest BCUT2D eigenvalue weighted by Crippen LogP contribution is -2.44. The Morgan fingerprint density at radius 1 is 1.11 bits per heavy atom. The second-order valence-electron chi connectivity index (χ2n) is 5.46. The molecule has 4 nitrogen and oxygen atoms in total. The van der Waals surface area contributed by atoms with Gasteiger partial charge < -0.3 is 10.1 Å². The molecule has 4 heteroatoms. The van der Waals surface area contributed by atoms with Crippen molar-refractivity contribution in [3.8, 4) is 0 Å². The topological polar surface area (TPSA) is 55.4 Å². The van der Waals surface area contributed by atoms with E-state index >= 15 is 0 Å². The summed E-state index contributed by atoms with van der Waals surface area (Å²) >= 11 is 0. The molecule has 0 fully saturated rings. The highest BCUT2D eigenvalue weighted by atomic mass is 16.5. The Hall–Kier alpha value is -1.06. The summed E-state index contributed by atoms with van der Waals surface area (Å²) in [6.07, 6.45) is 0.832. The van der Waals surface area contributed by atoms with Gasteiger partial charge in [-0.25, -0.2) is 4.79 Å². The van der Waals surface area contributed by atoms with Crippen molar-refractivity contribution in [1.82, 2.24) is 5.32 Å². The average Bonchev–Trinajstić information content (AvgIpc) is 2.25. The summed E-state index contributed by atoms with van der Waals surface area (Å²) in [5, 5.41) is 2.74.